The van der Waals surface area contributed by atoms with E-state index >= 15 is 0 Å². The summed E-state index contributed by atoms with van der Waals surface area (Å²) in [6.07, 6.45) is 5.16. The summed E-state index contributed by atoms with van der Waals surface area (Å²) in [6.45, 7) is 7.48. The highest BCUT2D eigenvalue weighted by atomic mass is 35.5. The Bertz CT molecular complexity index is 119. The Hall–Kier alpha value is -0.0100. The van der Waals surface area contributed by atoms with E-state index in [4.69, 9.17) is 11.6 Å². The van der Waals surface area contributed by atoms with Gasteiger partial charge in [-0.05, 0) is 20.3 Å². The second-order valence-corrected chi connectivity index (χ2v) is 3.55. The molecule has 0 rings (SSSR count). The molecule has 0 aromatic rings. The minimum Gasteiger partial charge on any atom is -0.308 e. The molecule has 0 unspecified atom stereocenters. The van der Waals surface area contributed by atoms with Crippen LogP contribution in [0.5, 0.6) is 0 Å². The summed E-state index contributed by atoms with van der Waals surface area (Å²) in [6, 6.07) is 0. The zero-order valence-electron chi connectivity index (χ0n) is 7.65. The first-order valence-corrected chi connectivity index (χ1v) is 4.62. The summed E-state index contributed by atoms with van der Waals surface area (Å²) in [5.74, 6) is 0.605. The van der Waals surface area contributed by atoms with Crippen molar-refractivity contribution in [1.82, 2.24) is 5.32 Å². The maximum absolute atomic E-state index is 5.47. The number of hydrogen-bond donors (Lipinski definition) is 1. The van der Waals surface area contributed by atoms with Crippen molar-refractivity contribution in [2.45, 2.75) is 32.7 Å². The van der Waals surface area contributed by atoms with Gasteiger partial charge in [0, 0.05) is 18.0 Å². The minimum atomic E-state index is 0.247. The molecule has 0 heterocycles. The fourth-order valence-electron chi connectivity index (χ4n) is 0.607. The Morgan fingerprint density at radius 1 is 1.36 bits per heavy atom. The number of halogens is 1. The monoisotopic (exact) mass is 175 g/mol. The van der Waals surface area contributed by atoms with Crippen molar-refractivity contribution in [1.29, 1.82) is 0 Å². The van der Waals surface area contributed by atoms with E-state index in [1.165, 1.54) is 0 Å². The molecule has 11 heavy (non-hydrogen) atoms. The van der Waals surface area contributed by atoms with Crippen molar-refractivity contribution in [2.24, 2.45) is 0 Å². The lowest BCUT2D eigenvalue weighted by Crippen LogP contribution is -2.38. The standard InChI is InChI=1S/C9H18ClN/c1-4-9(2,3)11-8-6-5-7-10/h5-6,11H,4,7-8H2,1-3H3/b6-5+. The van der Waals surface area contributed by atoms with Crippen LogP contribution in [0.1, 0.15) is 27.2 Å². The molecule has 0 saturated carbocycles. The Morgan fingerprint density at radius 3 is 2.45 bits per heavy atom. The van der Waals surface area contributed by atoms with Gasteiger partial charge in [0.25, 0.3) is 0 Å². The number of nitrogens with one attached hydrogen (secondary N) is 1. The van der Waals surface area contributed by atoms with Crippen molar-refractivity contribution in [2.75, 3.05) is 12.4 Å². The third-order valence-electron chi connectivity index (χ3n) is 1.84. The van der Waals surface area contributed by atoms with Gasteiger partial charge in [0.05, 0.1) is 0 Å². The first-order valence-electron chi connectivity index (χ1n) is 4.08. The van der Waals surface area contributed by atoms with E-state index in [0.29, 0.717) is 5.88 Å². The summed E-state index contributed by atoms with van der Waals surface area (Å²) >= 11 is 5.47. The van der Waals surface area contributed by atoms with Crippen LogP contribution in [0, 0.1) is 0 Å². The SMILES string of the molecule is CCC(C)(C)NC/C=C/CCl. The first-order chi connectivity index (χ1) is 5.12. The van der Waals surface area contributed by atoms with Crippen LogP contribution < -0.4 is 5.32 Å². The summed E-state index contributed by atoms with van der Waals surface area (Å²) in [5.41, 5.74) is 0.247. The van der Waals surface area contributed by atoms with E-state index in [-0.39, 0.29) is 5.54 Å². The normalized spacial score (nSPS) is 12.7. The van der Waals surface area contributed by atoms with Gasteiger partial charge in [0.15, 0.2) is 0 Å². The van der Waals surface area contributed by atoms with Crippen LogP contribution in [0.25, 0.3) is 0 Å². The third kappa shape index (κ3) is 6.39. The Balaban J connectivity index is 3.45. The molecule has 0 atom stereocenters. The molecular weight excluding hydrogens is 158 g/mol. The van der Waals surface area contributed by atoms with Gasteiger partial charge in [0.2, 0.25) is 0 Å². The maximum atomic E-state index is 5.47. The highest BCUT2D eigenvalue weighted by Gasteiger charge is 2.11. The Labute approximate surface area is 74.8 Å². The van der Waals surface area contributed by atoms with Crippen molar-refractivity contribution in [3.8, 4) is 0 Å². The molecule has 1 nitrogen and oxygen atoms in total. The molecule has 0 aliphatic rings. The van der Waals surface area contributed by atoms with Gasteiger partial charge in [-0.1, -0.05) is 19.1 Å². The quantitative estimate of drug-likeness (QED) is 0.500. The maximum Gasteiger partial charge on any atom is 0.0404 e. The average molecular weight is 176 g/mol. The van der Waals surface area contributed by atoms with Gasteiger partial charge in [-0.2, -0.15) is 0 Å². The van der Waals surface area contributed by atoms with E-state index in [0.717, 1.165) is 13.0 Å². The molecule has 0 bridgehead atoms. The van der Waals surface area contributed by atoms with Gasteiger partial charge in [-0.3, -0.25) is 0 Å². The number of alkyl halides is 1. The van der Waals surface area contributed by atoms with Gasteiger partial charge < -0.3 is 5.32 Å². The predicted octanol–water partition coefficient (Wildman–Crippen LogP) is 2.56. The molecule has 0 saturated heterocycles. The summed E-state index contributed by atoms with van der Waals surface area (Å²) in [5, 5.41) is 3.40. The topological polar surface area (TPSA) is 12.0 Å². The average Bonchev–Trinajstić information content (AvgIpc) is 1.99. The van der Waals surface area contributed by atoms with Crippen molar-refractivity contribution < 1.29 is 0 Å². The minimum absolute atomic E-state index is 0.247. The number of hydrogen-bond acceptors (Lipinski definition) is 1. The van der Waals surface area contributed by atoms with Crippen LogP contribution >= 0.6 is 11.6 Å². The van der Waals surface area contributed by atoms with Crippen molar-refractivity contribution in [3.63, 3.8) is 0 Å². The summed E-state index contributed by atoms with van der Waals surface area (Å²) in [7, 11) is 0. The van der Waals surface area contributed by atoms with Crippen molar-refractivity contribution in [3.05, 3.63) is 12.2 Å². The molecule has 0 radical (unpaired) electrons. The Kier molecular flexibility index (Phi) is 5.61. The van der Waals surface area contributed by atoms with E-state index in [1.807, 2.05) is 6.08 Å². The molecule has 0 amide bonds. The van der Waals surface area contributed by atoms with E-state index in [2.05, 4.69) is 32.2 Å². The molecular formula is C9H18ClN. The van der Waals surface area contributed by atoms with Gasteiger partial charge in [-0.15, -0.1) is 11.6 Å². The largest absolute Gasteiger partial charge is 0.308 e. The zero-order valence-corrected chi connectivity index (χ0v) is 8.41. The highest BCUT2D eigenvalue weighted by Crippen LogP contribution is 2.05. The smallest absolute Gasteiger partial charge is 0.0404 e. The van der Waals surface area contributed by atoms with E-state index in [9.17, 15) is 0 Å². The lowest BCUT2D eigenvalue weighted by atomic mass is 10.0. The van der Waals surface area contributed by atoms with Crippen LogP contribution in [0.2, 0.25) is 0 Å². The molecule has 0 aromatic heterocycles. The predicted molar refractivity (Wildman–Crippen MR) is 52.2 cm³/mol. The molecule has 0 aliphatic heterocycles. The lowest BCUT2D eigenvalue weighted by molar-refractivity contribution is 0.395. The molecule has 0 aromatic carbocycles. The zero-order chi connectivity index (χ0) is 8.74. The molecule has 0 aliphatic carbocycles. The van der Waals surface area contributed by atoms with Crippen LogP contribution in [0.3, 0.4) is 0 Å². The van der Waals surface area contributed by atoms with Crippen LogP contribution in [-0.4, -0.2) is 18.0 Å². The molecule has 2 heteroatoms. The lowest BCUT2D eigenvalue weighted by Gasteiger charge is -2.23. The number of allylic oxidation sites excluding steroid dienone is 1. The third-order valence-corrected chi connectivity index (χ3v) is 2.02. The van der Waals surface area contributed by atoms with E-state index < -0.39 is 0 Å². The summed E-state index contributed by atoms with van der Waals surface area (Å²) in [4.78, 5) is 0. The second-order valence-electron chi connectivity index (χ2n) is 3.24. The van der Waals surface area contributed by atoms with Gasteiger partial charge in [0.1, 0.15) is 0 Å². The number of rotatable bonds is 5. The fourth-order valence-corrected chi connectivity index (χ4v) is 0.733. The molecule has 1 N–H and O–H groups in total. The second kappa shape index (κ2) is 5.62. The fraction of sp³-hybridized carbons (Fsp3) is 0.778. The molecule has 66 valence electrons. The van der Waals surface area contributed by atoms with Crippen LogP contribution in [0.4, 0.5) is 0 Å². The summed E-state index contributed by atoms with van der Waals surface area (Å²) < 4.78 is 0. The van der Waals surface area contributed by atoms with Crippen LogP contribution in [-0.2, 0) is 0 Å². The molecule has 0 fully saturated rings. The Morgan fingerprint density at radius 2 is 2.00 bits per heavy atom. The van der Waals surface area contributed by atoms with E-state index in [1.54, 1.807) is 0 Å². The first kappa shape index (κ1) is 11.0. The van der Waals surface area contributed by atoms with Gasteiger partial charge in [-0.25, -0.2) is 0 Å². The van der Waals surface area contributed by atoms with Crippen LogP contribution in [0.15, 0.2) is 12.2 Å². The highest BCUT2D eigenvalue weighted by molar-refractivity contribution is 6.18. The van der Waals surface area contributed by atoms with Crippen molar-refractivity contribution >= 4 is 11.6 Å². The molecule has 0 spiro atoms. The van der Waals surface area contributed by atoms with Gasteiger partial charge >= 0.3 is 0 Å².